The van der Waals surface area contributed by atoms with Crippen LogP contribution in [0.4, 0.5) is 4.79 Å². The second-order valence-electron chi connectivity index (χ2n) is 8.13. The van der Waals surface area contributed by atoms with Crippen LogP contribution in [0.5, 0.6) is 0 Å². The number of rotatable bonds is 1. The zero-order chi connectivity index (χ0) is 17.7. The summed E-state index contributed by atoms with van der Waals surface area (Å²) in [6.45, 7) is 10.6. The highest BCUT2D eigenvalue weighted by Gasteiger charge is 2.43. The van der Waals surface area contributed by atoms with Crippen LogP contribution in [0.15, 0.2) is 23.2 Å². The van der Waals surface area contributed by atoms with Gasteiger partial charge in [0, 0.05) is 18.9 Å². The lowest BCUT2D eigenvalue weighted by Gasteiger charge is -2.28. The number of aromatic nitrogens is 3. The minimum absolute atomic E-state index is 0.0240. The van der Waals surface area contributed by atoms with Gasteiger partial charge in [0.15, 0.2) is 5.65 Å². The molecule has 3 heterocycles. The summed E-state index contributed by atoms with van der Waals surface area (Å²) < 4.78 is 8.26. The van der Waals surface area contributed by atoms with Crippen molar-refractivity contribution in [3.63, 3.8) is 0 Å². The first kappa shape index (κ1) is 17.2. The van der Waals surface area contributed by atoms with Crippen molar-refractivity contribution in [3.8, 4) is 0 Å². The van der Waals surface area contributed by atoms with E-state index in [1.165, 1.54) is 0 Å². The molecule has 1 aliphatic heterocycles. The van der Waals surface area contributed by atoms with Crippen LogP contribution in [0.25, 0.3) is 5.65 Å². The van der Waals surface area contributed by atoms with Crippen LogP contribution in [-0.4, -0.2) is 37.5 Å². The van der Waals surface area contributed by atoms with Gasteiger partial charge in [0.05, 0.1) is 17.9 Å². The molecular formula is C17H23BrN4O2. The molecule has 0 aromatic carbocycles. The van der Waals surface area contributed by atoms with E-state index in [-0.39, 0.29) is 17.6 Å². The summed E-state index contributed by atoms with van der Waals surface area (Å²) in [5, 5.41) is 0. The van der Waals surface area contributed by atoms with Crippen molar-refractivity contribution in [2.24, 2.45) is 5.41 Å². The van der Waals surface area contributed by atoms with Gasteiger partial charge in [0.1, 0.15) is 10.2 Å². The average Bonchev–Trinajstić information content (AvgIpc) is 2.96. The van der Waals surface area contributed by atoms with Crippen LogP contribution < -0.4 is 0 Å². The van der Waals surface area contributed by atoms with E-state index in [4.69, 9.17) is 4.74 Å². The summed E-state index contributed by atoms with van der Waals surface area (Å²) in [5.41, 5.74) is 1.14. The normalized spacial score (nSPS) is 20.6. The molecule has 6 nitrogen and oxygen atoms in total. The van der Waals surface area contributed by atoms with Crippen molar-refractivity contribution in [2.45, 2.75) is 52.7 Å². The maximum absolute atomic E-state index is 12.7. The van der Waals surface area contributed by atoms with E-state index in [1.807, 2.05) is 37.6 Å². The fraction of sp³-hybridized carbons (Fsp3) is 0.588. The summed E-state index contributed by atoms with van der Waals surface area (Å²) in [4.78, 5) is 23.3. The quantitative estimate of drug-likeness (QED) is 0.726. The fourth-order valence-electron chi connectivity index (χ4n) is 3.10. The van der Waals surface area contributed by atoms with Crippen molar-refractivity contribution in [2.75, 3.05) is 6.54 Å². The van der Waals surface area contributed by atoms with E-state index >= 15 is 0 Å². The number of amides is 1. The number of ether oxygens (including phenoxy) is 1. The number of fused-ring (bicyclic) bond motifs is 1. The fourth-order valence-corrected chi connectivity index (χ4v) is 3.42. The molecule has 0 N–H and O–H groups in total. The number of nitrogens with zero attached hydrogens (tertiary/aromatic N) is 4. The van der Waals surface area contributed by atoms with Crippen LogP contribution in [0.1, 0.15) is 52.8 Å². The average molecular weight is 395 g/mol. The molecule has 0 unspecified atom stereocenters. The molecule has 2 aromatic rings. The summed E-state index contributed by atoms with van der Waals surface area (Å²) in [6.07, 6.45) is 6.11. The number of imidazole rings is 1. The first-order valence-corrected chi connectivity index (χ1v) is 8.83. The second-order valence-corrected chi connectivity index (χ2v) is 8.95. The lowest BCUT2D eigenvalue weighted by Crippen LogP contribution is -2.37. The Morgan fingerprint density at radius 2 is 2.08 bits per heavy atom. The number of hydrogen-bond donors (Lipinski definition) is 0. The van der Waals surface area contributed by atoms with Crippen molar-refractivity contribution in [3.05, 3.63) is 28.9 Å². The standard InChI is InChI=1S/C17H23BrN4O2/c1-16(2,3)24-15(23)22-10-17(4,5)6-12(22)11-8-21-9-13(18)19-7-14(21)20-11/h7-9,12H,6,10H2,1-5H3/t12-/m1/s1. The Morgan fingerprint density at radius 1 is 1.38 bits per heavy atom. The van der Waals surface area contributed by atoms with E-state index in [0.29, 0.717) is 6.54 Å². The van der Waals surface area contributed by atoms with Crippen LogP contribution in [0.3, 0.4) is 0 Å². The van der Waals surface area contributed by atoms with Gasteiger partial charge in [0.25, 0.3) is 0 Å². The predicted molar refractivity (Wildman–Crippen MR) is 94.8 cm³/mol. The third-order valence-corrected chi connectivity index (χ3v) is 4.43. The van der Waals surface area contributed by atoms with Gasteiger partial charge in [-0.3, -0.25) is 4.90 Å². The monoisotopic (exact) mass is 394 g/mol. The zero-order valence-corrected chi connectivity index (χ0v) is 16.3. The number of carbonyl (C=O) groups is 1. The lowest BCUT2D eigenvalue weighted by atomic mass is 9.90. The van der Waals surface area contributed by atoms with Crippen molar-refractivity contribution < 1.29 is 9.53 Å². The minimum Gasteiger partial charge on any atom is -0.444 e. The number of carbonyl (C=O) groups excluding carboxylic acids is 1. The van der Waals surface area contributed by atoms with Crippen LogP contribution in [-0.2, 0) is 4.74 Å². The lowest BCUT2D eigenvalue weighted by molar-refractivity contribution is 0.0210. The molecule has 0 radical (unpaired) electrons. The molecule has 1 saturated heterocycles. The molecule has 1 fully saturated rings. The maximum Gasteiger partial charge on any atom is 0.410 e. The summed E-state index contributed by atoms with van der Waals surface area (Å²) in [5.74, 6) is 0. The number of halogens is 1. The Morgan fingerprint density at radius 3 is 2.75 bits per heavy atom. The van der Waals surface area contributed by atoms with Crippen molar-refractivity contribution in [1.82, 2.24) is 19.3 Å². The van der Waals surface area contributed by atoms with Gasteiger partial charge in [-0.2, -0.15) is 0 Å². The molecule has 1 atom stereocenters. The van der Waals surface area contributed by atoms with E-state index in [2.05, 4.69) is 39.7 Å². The SMILES string of the molecule is CC1(C)C[C@H](c2cn3cc(Br)ncc3n2)N(C(=O)OC(C)(C)C)C1. The molecule has 7 heteroatoms. The van der Waals surface area contributed by atoms with Gasteiger partial charge in [-0.1, -0.05) is 13.8 Å². The van der Waals surface area contributed by atoms with Crippen molar-refractivity contribution in [1.29, 1.82) is 0 Å². The number of likely N-dealkylation sites (tertiary alicyclic amines) is 1. The van der Waals surface area contributed by atoms with Gasteiger partial charge in [-0.15, -0.1) is 0 Å². The molecule has 2 aromatic heterocycles. The van der Waals surface area contributed by atoms with E-state index in [9.17, 15) is 4.79 Å². The molecule has 0 saturated carbocycles. The van der Waals surface area contributed by atoms with Crippen LogP contribution in [0.2, 0.25) is 0 Å². The molecule has 1 amide bonds. The molecular weight excluding hydrogens is 372 g/mol. The number of hydrogen-bond acceptors (Lipinski definition) is 4. The molecule has 24 heavy (non-hydrogen) atoms. The van der Waals surface area contributed by atoms with Crippen LogP contribution >= 0.6 is 15.9 Å². The Bertz CT molecular complexity index is 778. The third-order valence-electron chi connectivity index (χ3n) is 4.02. The summed E-state index contributed by atoms with van der Waals surface area (Å²) in [7, 11) is 0. The molecule has 0 bridgehead atoms. The highest BCUT2D eigenvalue weighted by Crippen LogP contribution is 2.42. The summed E-state index contributed by atoms with van der Waals surface area (Å²) >= 11 is 3.37. The van der Waals surface area contributed by atoms with E-state index in [0.717, 1.165) is 22.4 Å². The maximum atomic E-state index is 12.7. The van der Waals surface area contributed by atoms with E-state index in [1.54, 1.807) is 11.1 Å². The highest BCUT2D eigenvalue weighted by molar-refractivity contribution is 9.10. The van der Waals surface area contributed by atoms with Gasteiger partial charge in [0.2, 0.25) is 0 Å². The molecule has 130 valence electrons. The summed E-state index contributed by atoms with van der Waals surface area (Å²) in [6, 6.07) is -0.0893. The Labute approximate surface area is 150 Å². The first-order valence-electron chi connectivity index (χ1n) is 8.04. The molecule has 0 aliphatic carbocycles. The molecule has 1 aliphatic rings. The minimum atomic E-state index is -0.512. The Hall–Kier alpha value is -1.63. The second kappa shape index (κ2) is 5.72. The Balaban J connectivity index is 1.94. The van der Waals surface area contributed by atoms with E-state index < -0.39 is 5.60 Å². The van der Waals surface area contributed by atoms with Gasteiger partial charge in [-0.05, 0) is 48.5 Å². The zero-order valence-electron chi connectivity index (χ0n) is 14.7. The topological polar surface area (TPSA) is 59.7 Å². The van der Waals surface area contributed by atoms with Crippen LogP contribution in [0, 0.1) is 5.41 Å². The smallest absolute Gasteiger partial charge is 0.410 e. The Kier molecular flexibility index (Phi) is 4.10. The third kappa shape index (κ3) is 3.55. The predicted octanol–water partition coefficient (Wildman–Crippen LogP) is 4.20. The highest BCUT2D eigenvalue weighted by atomic mass is 79.9. The first-order chi connectivity index (χ1) is 11.0. The largest absolute Gasteiger partial charge is 0.444 e. The van der Waals surface area contributed by atoms with Crippen molar-refractivity contribution >= 4 is 27.7 Å². The van der Waals surface area contributed by atoms with Gasteiger partial charge in [-0.25, -0.2) is 14.8 Å². The van der Waals surface area contributed by atoms with Gasteiger partial charge >= 0.3 is 6.09 Å². The molecule has 0 spiro atoms. The van der Waals surface area contributed by atoms with Gasteiger partial charge < -0.3 is 9.14 Å². The molecule has 3 rings (SSSR count).